The van der Waals surface area contributed by atoms with Crippen LogP contribution in [0.5, 0.6) is 11.5 Å². The van der Waals surface area contributed by atoms with Gasteiger partial charge in [-0.15, -0.1) is 11.3 Å². The van der Waals surface area contributed by atoms with Gasteiger partial charge in [-0.2, -0.15) is 0 Å². The molecule has 7 nitrogen and oxygen atoms in total. The fourth-order valence-electron chi connectivity index (χ4n) is 4.29. The van der Waals surface area contributed by atoms with Crippen molar-refractivity contribution in [3.63, 3.8) is 0 Å². The number of aromatic nitrogens is 2. The summed E-state index contributed by atoms with van der Waals surface area (Å²) in [6.45, 7) is 7.68. The number of amides is 1. The van der Waals surface area contributed by atoms with Crippen LogP contribution in [0.25, 0.3) is 10.2 Å². The fraction of sp³-hybridized carbons (Fsp3) is 0.480. The van der Waals surface area contributed by atoms with Gasteiger partial charge in [0.1, 0.15) is 11.4 Å². The number of ether oxygens (including phenoxy) is 2. The zero-order valence-corrected chi connectivity index (χ0v) is 20.3. The number of hydrogen-bond acceptors (Lipinski definition) is 6. The fourth-order valence-corrected chi connectivity index (χ4v) is 5.63. The van der Waals surface area contributed by atoms with Crippen LogP contribution in [0, 0.1) is 5.92 Å². The second-order valence-corrected chi connectivity index (χ2v) is 9.54. The normalized spacial score (nSPS) is 15.3. The molecule has 4 rings (SSSR count). The summed E-state index contributed by atoms with van der Waals surface area (Å²) < 4.78 is 12.7. The molecule has 0 fully saturated rings. The number of nitrogens with zero attached hydrogens (tertiary/aromatic N) is 2. The van der Waals surface area contributed by atoms with Gasteiger partial charge in [0.15, 0.2) is 11.5 Å². The van der Waals surface area contributed by atoms with Crippen LogP contribution in [0.15, 0.2) is 29.3 Å². The maximum absolute atomic E-state index is 13.1. The first kappa shape index (κ1) is 23.3. The average molecular weight is 470 g/mol. The van der Waals surface area contributed by atoms with Crippen LogP contribution in [0.1, 0.15) is 43.2 Å². The van der Waals surface area contributed by atoms with Crippen LogP contribution < -0.4 is 20.3 Å². The number of carbonyl (C=O) groups is 1. The van der Waals surface area contributed by atoms with Gasteiger partial charge in [-0.05, 0) is 68.7 Å². The van der Waals surface area contributed by atoms with Crippen molar-refractivity contribution >= 4 is 27.5 Å². The van der Waals surface area contributed by atoms with E-state index in [9.17, 15) is 9.59 Å². The summed E-state index contributed by atoms with van der Waals surface area (Å²) >= 11 is 1.62. The summed E-state index contributed by atoms with van der Waals surface area (Å²) in [5.41, 5.74) is 2.07. The first-order valence-electron chi connectivity index (χ1n) is 11.6. The van der Waals surface area contributed by atoms with Crippen LogP contribution in [0.2, 0.25) is 0 Å². The smallest absolute Gasteiger partial charge is 0.262 e. The van der Waals surface area contributed by atoms with E-state index in [-0.39, 0.29) is 18.0 Å². The molecule has 0 radical (unpaired) electrons. The molecule has 1 N–H and O–H groups in total. The van der Waals surface area contributed by atoms with Crippen molar-refractivity contribution in [2.75, 3.05) is 19.8 Å². The highest BCUT2D eigenvalue weighted by Crippen LogP contribution is 2.35. The third-order valence-corrected chi connectivity index (χ3v) is 7.10. The Morgan fingerprint density at radius 3 is 2.82 bits per heavy atom. The van der Waals surface area contributed by atoms with E-state index in [1.165, 1.54) is 15.8 Å². The summed E-state index contributed by atoms with van der Waals surface area (Å²) in [7, 11) is 0. The topological polar surface area (TPSA) is 82.5 Å². The molecule has 2 aromatic heterocycles. The van der Waals surface area contributed by atoms with Crippen molar-refractivity contribution in [3.8, 4) is 11.5 Å². The third-order valence-electron chi connectivity index (χ3n) is 5.94. The van der Waals surface area contributed by atoms with Gasteiger partial charge in [-0.25, -0.2) is 4.98 Å². The number of nitrogens with one attached hydrogen (secondary N) is 1. The van der Waals surface area contributed by atoms with Crippen molar-refractivity contribution < 1.29 is 14.3 Å². The zero-order chi connectivity index (χ0) is 23.4. The molecule has 1 aliphatic rings. The Morgan fingerprint density at radius 2 is 2.03 bits per heavy atom. The molecular weight excluding hydrogens is 438 g/mol. The second-order valence-electron chi connectivity index (χ2n) is 8.46. The van der Waals surface area contributed by atoms with Crippen molar-refractivity contribution in [1.82, 2.24) is 14.9 Å². The molecule has 1 aliphatic carbocycles. The lowest BCUT2D eigenvalue weighted by atomic mass is 9.89. The van der Waals surface area contributed by atoms with Crippen molar-refractivity contribution in [2.45, 2.75) is 53.0 Å². The number of aryl methyl sites for hydroxylation is 1. The quantitative estimate of drug-likeness (QED) is 0.516. The number of benzene rings is 1. The maximum atomic E-state index is 13.1. The highest BCUT2D eigenvalue weighted by molar-refractivity contribution is 7.18. The standard InChI is InChI=1S/C25H31N3O4S/c1-4-31-19-9-7-17(13-20(19)32-5-2)10-11-26-22(29)14-28-15-27-24-23(25(28)30)18-8-6-16(3)12-21(18)33-24/h7,9,13,15-16H,4-6,8,10-12,14H2,1-3H3,(H,26,29)/t16-/m0/s1. The summed E-state index contributed by atoms with van der Waals surface area (Å²) in [6.07, 6.45) is 5.16. The molecule has 0 bridgehead atoms. The minimum absolute atomic E-state index is 0.0315. The third kappa shape index (κ3) is 5.21. The van der Waals surface area contributed by atoms with E-state index in [0.29, 0.717) is 43.2 Å². The van der Waals surface area contributed by atoms with Gasteiger partial charge in [-0.3, -0.25) is 14.2 Å². The van der Waals surface area contributed by atoms with Crippen LogP contribution in [-0.2, 0) is 30.6 Å². The molecule has 2 heterocycles. The Labute approximate surface area is 197 Å². The highest BCUT2D eigenvalue weighted by atomic mass is 32.1. The van der Waals surface area contributed by atoms with Crippen LogP contribution in [0.3, 0.4) is 0 Å². The Morgan fingerprint density at radius 1 is 1.24 bits per heavy atom. The van der Waals surface area contributed by atoms with Gasteiger partial charge in [0, 0.05) is 11.4 Å². The van der Waals surface area contributed by atoms with Gasteiger partial charge >= 0.3 is 0 Å². The predicted molar refractivity (Wildman–Crippen MR) is 131 cm³/mol. The molecule has 3 aromatic rings. The van der Waals surface area contributed by atoms with Crippen LogP contribution >= 0.6 is 11.3 Å². The predicted octanol–water partition coefficient (Wildman–Crippen LogP) is 3.74. The van der Waals surface area contributed by atoms with Crippen molar-refractivity contribution in [3.05, 3.63) is 50.9 Å². The molecule has 0 spiro atoms. The second kappa shape index (κ2) is 10.4. The molecule has 8 heteroatoms. The van der Waals surface area contributed by atoms with Gasteiger partial charge in [0.25, 0.3) is 5.56 Å². The summed E-state index contributed by atoms with van der Waals surface area (Å²) in [5, 5.41) is 3.62. The number of fused-ring (bicyclic) bond motifs is 3. The Balaban J connectivity index is 1.39. The van der Waals surface area contributed by atoms with Crippen molar-refractivity contribution in [2.24, 2.45) is 5.92 Å². The van der Waals surface area contributed by atoms with Crippen LogP contribution in [-0.4, -0.2) is 35.2 Å². The van der Waals surface area contributed by atoms with E-state index in [0.717, 1.165) is 41.0 Å². The monoisotopic (exact) mass is 469 g/mol. The molecular formula is C25H31N3O4S. The van der Waals surface area contributed by atoms with E-state index in [1.54, 1.807) is 11.3 Å². The molecule has 1 aromatic carbocycles. The summed E-state index contributed by atoms with van der Waals surface area (Å²) in [5.74, 6) is 1.87. The minimum atomic E-state index is -0.202. The molecule has 0 saturated carbocycles. The highest BCUT2D eigenvalue weighted by Gasteiger charge is 2.23. The Kier molecular flexibility index (Phi) is 7.33. The lowest BCUT2D eigenvalue weighted by molar-refractivity contribution is -0.121. The lowest BCUT2D eigenvalue weighted by Gasteiger charge is -2.17. The van der Waals surface area contributed by atoms with E-state index >= 15 is 0 Å². The SMILES string of the molecule is CCOc1ccc(CCNC(=O)Cn2cnc3sc4c(c3c2=O)CC[C@H](C)C4)cc1OCC. The first-order chi connectivity index (χ1) is 16.0. The molecule has 1 atom stereocenters. The number of carbonyl (C=O) groups excluding carboxylic acids is 1. The van der Waals surface area contributed by atoms with E-state index in [1.807, 2.05) is 32.0 Å². The Hall–Kier alpha value is -2.87. The van der Waals surface area contributed by atoms with Gasteiger partial charge < -0.3 is 14.8 Å². The lowest BCUT2D eigenvalue weighted by Crippen LogP contribution is -2.33. The van der Waals surface area contributed by atoms with E-state index in [4.69, 9.17) is 9.47 Å². The van der Waals surface area contributed by atoms with E-state index in [2.05, 4.69) is 17.2 Å². The number of thiophene rings is 1. The zero-order valence-electron chi connectivity index (χ0n) is 19.5. The summed E-state index contributed by atoms with van der Waals surface area (Å²) in [4.78, 5) is 32.2. The van der Waals surface area contributed by atoms with Crippen molar-refractivity contribution in [1.29, 1.82) is 0 Å². The first-order valence-corrected chi connectivity index (χ1v) is 12.5. The molecule has 33 heavy (non-hydrogen) atoms. The van der Waals surface area contributed by atoms with Gasteiger partial charge in [-0.1, -0.05) is 13.0 Å². The molecule has 0 unspecified atom stereocenters. The largest absolute Gasteiger partial charge is 0.490 e. The molecule has 0 aliphatic heterocycles. The maximum Gasteiger partial charge on any atom is 0.262 e. The molecule has 0 saturated heterocycles. The van der Waals surface area contributed by atoms with E-state index < -0.39 is 0 Å². The number of hydrogen-bond donors (Lipinski definition) is 1. The Bertz CT molecular complexity index is 1200. The average Bonchev–Trinajstić information content (AvgIpc) is 3.16. The summed E-state index contributed by atoms with van der Waals surface area (Å²) in [6, 6.07) is 5.82. The molecule has 1 amide bonds. The number of rotatable bonds is 9. The molecule has 176 valence electrons. The van der Waals surface area contributed by atoms with Gasteiger partial charge in [0.05, 0.1) is 24.9 Å². The minimum Gasteiger partial charge on any atom is -0.490 e. The van der Waals surface area contributed by atoms with Gasteiger partial charge in [0.2, 0.25) is 5.91 Å². The van der Waals surface area contributed by atoms with Crippen LogP contribution in [0.4, 0.5) is 0 Å².